The predicted octanol–water partition coefficient (Wildman–Crippen LogP) is 3.03. The molecule has 0 saturated heterocycles. The second-order valence-corrected chi connectivity index (χ2v) is 3.80. The summed E-state index contributed by atoms with van der Waals surface area (Å²) in [5, 5.41) is 0. The van der Waals surface area contributed by atoms with E-state index in [4.69, 9.17) is 10.2 Å². The fourth-order valence-corrected chi connectivity index (χ4v) is 1.74. The lowest BCUT2D eigenvalue weighted by Crippen LogP contribution is -2.22. The molecule has 0 atom stereocenters. The second kappa shape index (κ2) is 4.91. The molecule has 4 heteroatoms. The molecule has 0 fully saturated rings. The maximum Gasteiger partial charge on any atom is 0.148 e. The van der Waals surface area contributed by atoms with Crippen LogP contribution in [0.4, 0.5) is 15.8 Å². The van der Waals surface area contributed by atoms with Crippen LogP contribution in [0.2, 0.25) is 0 Å². The third kappa shape index (κ3) is 2.58. The van der Waals surface area contributed by atoms with Crippen LogP contribution in [-0.2, 0) is 6.54 Å². The van der Waals surface area contributed by atoms with E-state index in [1.54, 1.807) is 18.4 Å². The standard InChI is InChI=1S/C13H15FN2O/c1-2-16(9-11-4-3-7-17-11)13-6-5-10(15)8-12(13)14/h3-8H,2,9,15H2,1H3. The van der Waals surface area contributed by atoms with Gasteiger partial charge < -0.3 is 15.1 Å². The number of benzene rings is 1. The van der Waals surface area contributed by atoms with E-state index in [1.165, 1.54) is 6.07 Å². The summed E-state index contributed by atoms with van der Waals surface area (Å²) < 4.78 is 19.0. The molecule has 1 aromatic heterocycles. The SMILES string of the molecule is CCN(Cc1ccco1)c1ccc(N)cc1F. The topological polar surface area (TPSA) is 42.4 Å². The van der Waals surface area contributed by atoms with Gasteiger partial charge in [-0.1, -0.05) is 0 Å². The van der Waals surface area contributed by atoms with Crippen LogP contribution in [-0.4, -0.2) is 6.54 Å². The van der Waals surface area contributed by atoms with Gasteiger partial charge in [-0.15, -0.1) is 0 Å². The molecule has 0 aliphatic heterocycles. The number of anilines is 2. The molecule has 0 aliphatic rings. The van der Waals surface area contributed by atoms with Gasteiger partial charge >= 0.3 is 0 Å². The number of nitrogens with two attached hydrogens (primary N) is 1. The van der Waals surface area contributed by atoms with E-state index in [0.29, 0.717) is 24.5 Å². The first-order valence-corrected chi connectivity index (χ1v) is 5.53. The molecular formula is C13H15FN2O. The summed E-state index contributed by atoms with van der Waals surface area (Å²) in [4.78, 5) is 1.90. The van der Waals surface area contributed by atoms with Crippen molar-refractivity contribution in [2.75, 3.05) is 17.2 Å². The summed E-state index contributed by atoms with van der Waals surface area (Å²) >= 11 is 0. The van der Waals surface area contributed by atoms with Crippen molar-refractivity contribution in [2.24, 2.45) is 0 Å². The summed E-state index contributed by atoms with van der Waals surface area (Å²) in [5.41, 5.74) is 6.50. The van der Waals surface area contributed by atoms with Crippen molar-refractivity contribution < 1.29 is 8.81 Å². The molecule has 1 aromatic carbocycles. The van der Waals surface area contributed by atoms with Gasteiger partial charge in [-0.3, -0.25) is 0 Å². The minimum atomic E-state index is -0.307. The van der Waals surface area contributed by atoms with E-state index in [-0.39, 0.29) is 5.82 Å². The van der Waals surface area contributed by atoms with Crippen LogP contribution in [0.3, 0.4) is 0 Å². The highest BCUT2D eigenvalue weighted by atomic mass is 19.1. The first kappa shape index (κ1) is 11.5. The van der Waals surface area contributed by atoms with Crippen LogP contribution < -0.4 is 10.6 Å². The lowest BCUT2D eigenvalue weighted by atomic mass is 10.2. The Morgan fingerprint density at radius 2 is 2.18 bits per heavy atom. The van der Waals surface area contributed by atoms with Crippen LogP contribution in [0, 0.1) is 5.82 Å². The van der Waals surface area contributed by atoms with Gasteiger partial charge in [0.1, 0.15) is 11.6 Å². The molecule has 2 rings (SSSR count). The zero-order chi connectivity index (χ0) is 12.3. The first-order chi connectivity index (χ1) is 8.20. The third-order valence-electron chi connectivity index (χ3n) is 2.62. The first-order valence-electron chi connectivity index (χ1n) is 5.53. The van der Waals surface area contributed by atoms with Crippen molar-refractivity contribution in [1.82, 2.24) is 0 Å². The summed E-state index contributed by atoms with van der Waals surface area (Å²) in [6.07, 6.45) is 1.61. The Hall–Kier alpha value is -1.97. The Balaban J connectivity index is 2.23. The molecule has 0 bridgehead atoms. The Morgan fingerprint density at radius 3 is 2.76 bits per heavy atom. The molecule has 0 aliphatic carbocycles. The minimum absolute atomic E-state index is 0.307. The quantitative estimate of drug-likeness (QED) is 0.827. The predicted molar refractivity (Wildman–Crippen MR) is 66.2 cm³/mol. The number of nitrogen functional groups attached to an aromatic ring is 1. The summed E-state index contributed by atoms with van der Waals surface area (Å²) in [7, 11) is 0. The second-order valence-electron chi connectivity index (χ2n) is 3.80. The van der Waals surface area contributed by atoms with Gasteiger partial charge in [-0.2, -0.15) is 0 Å². The van der Waals surface area contributed by atoms with Gasteiger partial charge in [0.2, 0.25) is 0 Å². The number of furan rings is 1. The van der Waals surface area contributed by atoms with E-state index in [1.807, 2.05) is 24.0 Å². The minimum Gasteiger partial charge on any atom is -0.467 e. The van der Waals surface area contributed by atoms with Crippen molar-refractivity contribution in [3.8, 4) is 0 Å². The third-order valence-corrected chi connectivity index (χ3v) is 2.62. The van der Waals surface area contributed by atoms with Crippen molar-refractivity contribution in [1.29, 1.82) is 0 Å². The highest BCUT2D eigenvalue weighted by Crippen LogP contribution is 2.23. The molecule has 0 amide bonds. The Kier molecular flexibility index (Phi) is 3.32. The Labute approximate surface area is 99.6 Å². The molecule has 1 heterocycles. The van der Waals surface area contributed by atoms with Crippen LogP contribution in [0.5, 0.6) is 0 Å². The fraction of sp³-hybridized carbons (Fsp3) is 0.231. The molecule has 3 nitrogen and oxygen atoms in total. The number of rotatable bonds is 4. The van der Waals surface area contributed by atoms with Crippen molar-refractivity contribution in [3.63, 3.8) is 0 Å². The number of nitrogens with zero attached hydrogens (tertiary/aromatic N) is 1. The highest BCUT2D eigenvalue weighted by Gasteiger charge is 2.11. The van der Waals surface area contributed by atoms with Gasteiger partial charge in [0.15, 0.2) is 0 Å². The van der Waals surface area contributed by atoms with Crippen molar-refractivity contribution in [3.05, 3.63) is 48.2 Å². The molecule has 90 valence electrons. The van der Waals surface area contributed by atoms with E-state index in [0.717, 1.165) is 5.76 Å². The monoisotopic (exact) mass is 234 g/mol. The molecule has 0 radical (unpaired) electrons. The molecule has 0 spiro atoms. The molecule has 17 heavy (non-hydrogen) atoms. The summed E-state index contributed by atoms with van der Waals surface area (Å²) in [6.45, 7) is 3.21. The summed E-state index contributed by atoms with van der Waals surface area (Å²) in [5.74, 6) is 0.501. The smallest absolute Gasteiger partial charge is 0.148 e. The molecule has 2 aromatic rings. The van der Waals surface area contributed by atoms with Gasteiger partial charge in [0, 0.05) is 12.2 Å². The van der Waals surface area contributed by atoms with Crippen molar-refractivity contribution in [2.45, 2.75) is 13.5 Å². The number of hydrogen-bond donors (Lipinski definition) is 1. The zero-order valence-electron chi connectivity index (χ0n) is 9.69. The lowest BCUT2D eigenvalue weighted by molar-refractivity contribution is 0.501. The van der Waals surface area contributed by atoms with E-state index >= 15 is 0 Å². The van der Waals surface area contributed by atoms with E-state index < -0.39 is 0 Å². The number of hydrogen-bond acceptors (Lipinski definition) is 3. The van der Waals surface area contributed by atoms with Crippen molar-refractivity contribution >= 4 is 11.4 Å². The van der Waals surface area contributed by atoms with Gasteiger partial charge in [-0.25, -0.2) is 4.39 Å². The molecule has 0 saturated carbocycles. The summed E-state index contributed by atoms with van der Waals surface area (Å²) in [6, 6.07) is 8.42. The van der Waals surface area contributed by atoms with Crippen LogP contribution >= 0.6 is 0 Å². The maximum atomic E-state index is 13.8. The van der Waals surface area contributed by atoms with Gasteiger partial charge in [0.05, 0.1) is 18.5 Å². The van der Waals surface area contributed by atoms with Crippen LogP contribution in [0.25, 0.3) is 0 Å². The molecule has 0 unspecified atom stereocenters. The average molecular weight is 234 g/mol. The van der Waals surface area contributed by atoms with Crippen LogP contribution in [0.1, 0.15) is 12.7 Å². The largest absolute Gasteiger partial charge is 0.467 e. The van der Waals surface area contributed by atoms with Gasteiger partial charge in [-0.05, 0) is 37.3 Å². The lowest BCUT2D eigenvalue weighted by Gasteiger charge is -2.22. The Bertz CT molecular complexity index is 482. The molecular weight excluding hydrogens is 219 g/mol. The maximum absolute atomic E-state index is 13.8. The van der Waals surface area contributed by atoms with Gasteiger partial charge in [0.25, 0.3) is 0 Å². The normalized spacial score (nSPS) is 10.5. The van der Waals surface area contributed by atoms with Crippen LogP contribution in [0.15, 0.2) is 41.0 Å². The fourth-order valence-electron chi connectivity index (χ4n) is 1.74. The molecule has 2 N–H and O–H groups in total. The highest BCUT2D eigenvalue weighted by molar-refractivity contribution is 5.54. The van der Waals surface area contributed by atoms with E-state index in [9.17, 15) is 4.39 Å². The Morgan fingerprint density at radius 1 is 1.35 bits per heavy atom. The average Bonchev–Trinajstić information content (AvgIpc) is 2.79. The zero-order valence-corrected chi connectivity index (χ0v) is 9.69. The number of halogens is 1. The van der Waals surface area contributed by atoms with E-state index in [2.05, 4.69) is 0 Å².